The smallest absolute Gasteiger partial charge is 0.422 e. The first-order valence-electron chi connectivity index (χ1n) is 4.38. The van der Waals surface area contributed by atoms with E-state index in [0.717, 1.165) is 12.8 Å². The number of alkyl carbamates (subject to hydrolysis) is 1. The number of hydrogen-bond donors (Lipinski definition) is 1. The van der Waals surface area contributed by atoms with E-state index in [9.17, 15) is 18.0 Å². The van der Waals surface area contributed by atoms with Crippen LogP contribution in [0.25, 0.3) is 0 Å². The third-order valence-corrected chi connectivity index (χ3v) is 2.04. The van der Waals surface area contributed by atoms with E-state index in [4.69, 9.17) is 0 Å². The Morgan fingerprint density at radius 1 is 1.57 bits per heavy atom. The van der Waals surface area contributed by atoms with E-state index in [2.05, 4.69) is 10.1 Å². The number of nitrogens with one attached hydrogen (secondary N) is 1. The van der Waals surface area contributed by atoms with E-state index in [-0.39, 0.29) is 6.04 Å². The fourth-order valence-electron chi connectivity index (χ4n) is 1.09. The Hall–Kier alpha value is -0.940. The largest absolute Gasteiger partial charge is 0.440 e. The van der Waals surface area contributed by atoms with Crippen LogP contribution in [-0.4, -0.2) is 24.9 Å². The predicted molar refractivity (Wildman–Crippen MR) is 42.7 cm³/mol. The van der Waals surface area contributed by atoms with Gasteiger partial charge in [-0.05, 0) is 25.7 Å². The molecule has 0 bridgehead atoms. The predicted octanol–water partition coefficient (Wildman–Crippen LogP) is 2.07. The Bertz CT molecular complexity index is 213. The SMILES string of the molecule is C[C@@H](NC(=O)OCC(F)(F)F)C1CC1. The molecule has 1 saturated carbocycles. The third kappa shape index (κ3) is 4.34. The van der Waals surface area contributed by atoms with Crippen molar-refractivity contribution in [3.63, 3.8) is 0 Å². The van der Waals surface area contributed by atoms with Crippen molar-refractivity contribution in [1.82, 2.24) is 5.32 Å². The fourth-order valence-corrected chi connectivity index (χ4v) is 1.09. The number of halogens is 3. The lowest BCUT2D eigenvalue weighted by Gasteiger charge is -2.13. The zero-order valence-electron chi connectivity index (χ0n) is 7.73. The first-order valence-corrected chi connectivity index (χ1v) is 4.38. The van der Waals surface area contributed by atoms with Gasteiger partial charge in [-0.1, -0.05) is 0 Å². The summed E-state index contributed by atoms with van der Waals surface area (Å²) in [5.41, 5.74) is 0. The first-order chi connectivity index (χ1) is 6.38. The van der Waals surface area contributed by atoms with E-state index in [1.807, 2.05) is 0 Å². The summed E-state index contributed by atoms with van der Waals surface area (Å²) in [6, 6.07) is -0.101. The molecular formula is C8H12F3NO2. The maximum absolute atomic E-state index is 11.6. The second kappa shape index (κ2) is 4.06. The standard InChI is InChI=1S/C8H12F3NO2/c1-5(6-2-3-6)12-7(13)14-4-8(9,10)11/h5-6H,2-4H2,1H3,(H,12,13)/t5-/m1/s1. The van der Waals surface area contributed by atoms with Crippen LogP contribution in [0, 0.1) is 5.92 Å². The average Bonchev–Trinajstić information content (AvgIpc) is 2.81. The van der Waals surface area contributed by atoms with Crippen molar-refractivity contribution in [2.24, 2.45) is 5.92 Å². The van der Waals surface area contributed by atoms with Crippen molar-refractivity contribution in [1.29, 1.82) is 0 Å². The number of amides is 1. The summed E-state index contributed by atoms with van der Waals surface area (Å²) in [7, 11) is 0. The van der Waals surface area contributed by atoms with Gasteiger partial charge in [-0.25, -0.2) is 4.79 Å². The lowest BCUT2D eigenvalue weighted by atomic mass is 10.2. The lowest BCUT2D eigenvalue weighted by Crippen LogP contribution is -2.36. The van der Waals surface area contributed by atoms with Gasteiger partial charge in [-0.15, -0.1) is 0 Å². The van der Waals surface area contributed by atoms with Crippen LogP contribution in [0.4, 0.5) is 18.0 Å². The second-order valence-electron chi connectivity index (χ2n) is 3.46. The number of rotatable bonds is 3. The van der Waals surface area contributed by atoms with Crippen LogP contribution in [0.5, 0.6) is 0 Å². The lowest BCUT2D eigenvalue weighted by molar-refractivity contribution is -0.160. The molecule has 1 atom stereocenters. The molecule has 0 aromatic rings. The molecule has 0 saturated heterocycles. The topological polar surface area (TPSA) is 38.3 Å². The van der Waals surface area contributed by atoms with E-state index < -0.39 is 18.9 Å². The highest BCUT2D eigenvalue weighted by atomic mass is 19.4. The van der Waals surface area contributed by atoms with Gasteiger partial charge in [0.15, 0.2) is 6.61 Å². The highest BCUT2D eigenvalue weighted by molar-refractivity contribution is 5.67. The van der Waals surface area contributed by atoms with Crippen LogP contribution in [0.1, 0.15) is 19.8 Å². The van der Waals surface area contributed by atoms with Crippen molar-refractivity contribution in [3.8, 4) is 0 Å². The zero-order chi connectivity index (χ0) is 10.8. The number of ether oxygens (including phenoxy) is 1. The van der Waals surface area contributed by atoms with Gasteiger partial charge in [0.05, 0.1) is 0 Å². The van der Waals surface area contributed by atoms with Crippen molar-refractivity contribution in [3.05, 3.63) is 0 Å². The Balaban J connectivity index is 2.15. The van der Waals surface area contributed by atoms with Gasteiger partial charge in [0.2, 0.25) is 0 Å². The normalized spacial score (nSPS) is 18.9. The van der Waals surface area contributed by atoms with Crippen molar-refractivity contribution in [2.75, 3.05) is 6.61 Å². The molecule has 1 aliphatic rings. The van der Waals surface area contributed by atoms with E-state index in [0.29, 0.717) is 5.92 Å². The molecule has 1 amide bonds. The molecule has 0 aliphatic heterocycles. The Kier molecular flexibility index (Phi) is 3.23. The molecule has 0 heterocycles. The van der Waals surface area contributed by atoms with Gasteiger partial charge in [0.25, 0.3) is 0 Å². The molecule has 0 spiro atoms. The molecule has 6 heteroatoms. The van der Waals surface area contributed by atoms with E-state index in [1.54, 1.807) is 6.92 Å². The molecule has 0 aromatic carbocycles. The van der Waals surface area contributed by atoms with Gasteiger partial charge in [-0.3, -0.25) is 0 Å². The number of hydrogen-bond acceptors (Lipinski definition) is 2. The monoisotopic (exact) mass is 211 g/mol. The van der Waals surface area contributed by atoms with E-state index >= 15 is 0 Å². The molecule has 1 fully saturated rings. The minimum Gasteiger partial charge on any atom is -0.440 e. The van der Waals surface area contributed by atoms with Gasteiger partial charge in [0, 0.05) is 6.04 Å². The molecule has 1 rings (SSSR count). The first kappa shape index (κ1) is 11.1. The summed E-state index contributed by atoms with van der Waals surface area (Å²) in [4.78, 5) is 10.8. The van der Waals surface area contributed by atoms with Crippen molar-refractivity contribution in [2.45, 2.75) is 32.0 Å². The Morgan fingerprint density at radius 3 is 2.57 bits per heavy atom. The minimum atomic E-state index is -4.46. The molecule has 82 valence electrons. The highest BCUT2D eigenvalue weighted by Gasteiger charge is 2.32. The average molecular weight is 211 g/mol. The highest BCUT2D eigenvalue weighted by Crippen LogP contribution is 2.32. The third-order valence-electron chi connectivity index (χ3n) is 2.04. The van der Waals surface area contributed by atoms with Gasteiger partial charge in [0.1, 0.15) is 0 Å². The summed E-state index contributed by atoms with van der Waals surface area (Å²) in [6.45, 7) is 0.225. The molecular weight excluding hydrogens is 199 g/mol. The maximum Gasteiger partial charge on any atom is 0.422 e. The molecule has 0 radical (unpaired) electrons. The van der Waals surface area contributed by atoms with Crippen LogP contribution in [-0.2, 0) is 4.74 Å². The fraction of sp³-hybridized carbons (Fsp3) is 0.875. The molecule has 0 aromatic heterocycles. The van der Waals surface area contributed by atoms with Crippen LogP contribution < -0.4 is 5.32 Å². The summed E-state index contributed by atoms with van der Waals surface area (Å²) < 4.78 is 38.8. The van der Waals surface area contributed by atoms with Gasteiger partial charge in [-0.2, -0.15) is 13.2 Å². The van der Waals surface area contributed by atoms with Crippen LogP contribution in [0.2, 0.25) is 0 Å². The minimum absolute atomic E-state index is 0.101. The van der Waals surface area contributed by atoms with Crippen LogP contribution >= 0.6 is 0 Å². The van der Waals surface area contributed by atoms with Crippen molar-refractivity contribution >= 4 is 6.09 Å². The Morgan fingerprint density at radius 2 is 2.14 bits per heavy atom. The van der Waals surface area contributed by atoms with E-state index in [1.165, 1.54) is 0 Å². The summed E-state index contributed by atoms with van der Waals surface area (Å²) >= 11 is 0. The Labute approximate surface area is 79.6 Å². The quantitative estimate of drug-likeness (QED) is 0.776. The van der Waals surface area contributed by atoms with Crippen molar-refractivity contribution < 1.29 is 22.7 Å². The maximum atomic E-state index is 11.6. The molecule has 14 heavy (non-hydrogen) atoms. The number of alkyl halides is 3. The summed E-state index contributed by atoms with van der Waals surface area (Å²) in [5.74, 6) is 0.397. The van der Waals surface area contributed by atoms with Gasteiger partial charge >= 0.3 is 12.3 Å². The zero-order valence-corrected chi connectivity index (χ0v) is 7.73. The summed E-state index contributed by atoms with van der Waals surface area (Å²) in [6.07, 6.45) is -3.43. The molecule has 0 unspecified atom stereocenters. The summed E-state index contributed by atoms with van der Waals surface area (Å²) in [5, 5.41) is 2.35. The molecule has 1 aliphatic carbocycles. The molecule has 3 nitrogen and oxygen atoms in total. The number of carbonyl (C=O) groups is 1. The van der Waals surface area contributed by atoms with Crippen LogP contribution in [0.15, 0.2) is 0 Å². The number of carbonyl (C=O) groups excluding carboxylic acids is 1. The second-order valence-corrected chi connectivity index (χ2v) is 3.46. The van der Waals surface area contributed by atoms with Gasteiger partial charge < -0.3 is 10.1 Å². The van der Waals surface area contributed by atoms with Crippen LogP contribution in [0.3, 0.4) is 0 Å². The molecule has 1 N–H and O–H groups in total.